The average Bonchev–Trinajstić information content (AvgIpc) is 3.63. The molecule has 1 aliphatic rings. The summed E-state index contributed by atoms with van der Waals surface area (Å²) in [4.78, 5) is 29.6. The number of benzene rings is 5. The van der Waals surface area contributed by atoms with Crippen LogP contribution in [0.15, 0.2) is 128 Å². The number of imidazole rings is 1. The first-order chi connectivity index (χ1) is 26.9. The van der Waals surface area contributed by atoms with Crippen LogP contribution in [0.5, 0.6) is 0 Å². The minimum atomic E-state index is -0.586. The molecule has 5 N–H and O–H groups in total. The van der Waals surface area contributed by atoms with E-state index in [4.69, 9.17) is 15.2 Å². The molecule has 10 nitrogen and oxygen atoms in total. The molecule has 0 saturated carbocycles. The van der Waals surface area contributed by atoms with E-state index >= 15 is 0 Å². The van der Waals surface area contributed by atoms with Crippen LogP contribution in [0.3, 0.4) is 0 Å². The van der Waals surface area contributed by atoms with Crippen LogP contribution in [0.1, 0.15) is 73.2 Å². The molecular weight excluding hydrogens is 691 g/mol. The molecule has 1 aliphatic heterocycles. The van der Waals surface area contributed by atoms with Crippen LogP contribution in [-0.2, 0) is 38.8 Å². The van der Waals surface area contributed by atoms with Crippen LogP contribution >= 0.6 is 0 Å². The van der Waals surface area contributed by atoms with Crippen molar-refractivity contribution in [2.45, 2.75) is 76.7 Å². The molecule has 1 saturated heterocycles. The molecule has 7 rings (SSSR count). The van der Waals surface area contributed by atoms with Crippen LogP contribution in [0, 0.1) is 0 Å². The number of fused-ring (bicyclic) bond motifs is 1. The lowest BCUT2D eigenvalue weighted by molar-refractivity contribution is -0.252. The highest BCUT2D eigenvalue weighted by atomic mass is 16.7. The number of rotatable bonds is 15. The fourth-order valence-corrected chi connectivity index (χ4v) is 7.04. The predicted molar refractivity (Wildman–Crippen MR) is 214 cm³/mol. The first-order valence-electron chi connectivity index (χ1n) is 18.9. The number of aliphatic hydroxyl groups is 1. The summed E-state index contributed by atoms with van der Waals surface area (Å²) in [5.74, 6) is -0.0965. The van der Waals surface area contributed by atoms with Crippen molar-refractivity contribution >= 4 is 34.2 Å². The van der Waals surface area contributed by atoms with Gasteiger partial charge in [-0.1, -0.05) is 103 Å². The Labute approximate surface area is 321 Å². The number of ether oxygens (including phenoxy) is 2. The molecule has 0 unspecified atom stereocenters. The molecule has 10 heteroatoms. The second-order valence-electron chi connectivity index (χ2n) is 14.0. The normalized spacial score (nSPS) is 16.9. The number of para-hydroxylation sites is 4. The number of amides is 2. The standard InChI is InChI=1S/C45H47N5O5/c46-38-12-6-7-13-39(38)49-44(53)17-3-1-2-16-43(52)47-27-35-10-4-5-11-37(35)32-22-24-34(25-23-32)45-54-36(28-50-30-48-40-14-8-9-15-41(40)50)26-42(55-45)33-20-18-31(29-51)19-21-33/h4-15,18-25,30,36,42,45,51H,1-3,16-17,26-29,46H2,(H,47,52)(H,49,53)/t36-,42+,45+/m1/s1. The molecule has 0 radical (unpaired) electrons. The van der Waals surface area contributed by atoms with Gasteiger partial charge < -0.3 is 35.5 Å². The number of aromatic nitrogens is 2. The minimum Gasteiger partial charge on any atom is -0.397 e. The summed E-state index contributed by atoms with van der Waals surface area (Å²) in [6, 6.07) is 39.5. The molecule has 2 amide bonds. The molecule has 5 aromatic carbocycles. The van der Waals surface area contributed by atoms with E-state index in [1.165, 1.54) is 0 Å². The Morgan fingerprint density at radius 1 is 0.782 bits per heavy atom. The molecular formula is C45H47N5O5. The Balaban J connectivity index is 0.955. The molecule has 282 valence electrons. The van der Waals surface area contributed by atoms with Crippen LogP contribution in [0.25, 0.3) is 22.2 Å². The van der Waals surface area contributed by atoms with Crippen LogP contribution in [-0.4, -0.2) is 32.6 Å². The summed E-state index contributed by atoms with van der Waals surface area (Å²) in [7, 11) is 0. The number of hydrogen-bond donors (Lipinski definition) is 4. The van der Waals surface area contributed by atoms with Gasteiger partial charge in [0.15, 0.2) is 6.29 Å². The van der Waals surface area contributed by atoms with Crippen molar-refractivity contribution < 1.29 is 24.2 Å². The maximum absolute atomic E-state index is 12.8. The number of carbonyl (C=O) groups excluding carboxylic acids is 2. The van der Waals surface area contributed by atoms with E-state index in [0.29, 0.717) is 56.6 Å². The van der Waals surface area contributed by atoms with E-state index < -0.39 is 6.29 Å². The van der Waals surface area contributed by atoms with Crippen molar-refractivity contribution in [2.75, 3.05) is 11.1 Å². The Hall–Kier alpha value is -5.81. The Morgan fingerprint density at radius 2 is 1.49 bits per heavy atom. The summed E-state index contributed by atoms with van der Waals surface area (Å²) < 4.78 is 15.4. The van der Waals surface area contributed by atoms with Crippen molar-refractivity contribution in [3.05, 3.63) is 150 Å². The molecule has 3 atom stereocenters. The van der Waals surface area contributed by atoms with Gasteiger partial charge in [0.1, 0.15) is 0 Å². The third kappa shape index (κ3) is 9.66. The van der Waals surface area contributed by atoms with Crippen LogP contribution in [0.4, 0.5) is 11.4 Å². The number of unbranched alkanes of at least 4 members (excludes halogenated alkanes) is 2. The summed E-state index contributed by atoms with van der Waals surface area (Å²) in [5.41, 5.74) is 15.0. The van der Waals surface area contributed by atoms with E-state index in [9.17, 15) is 14.7 Å². The Kier molecular flexibility index (Phi) is 12.3. The number of anilines is 2. The minimum absolute atomic E-state index is 0.00865. The number of nitrogens with one attached hydrogen (secondary N) is 2. The number of nitrogens with zero attached hydrogens (tertiary/aromatic N) is 2. The van der Waals surface area contributed by atoms with Gasteiger partial charge in [-0.2, -0.15) is 0 Å². The smallest absolute Gasteiger partial charge is 0.224 e. The van der Waals surface area contributed by atoms with E-state index in [-0.39, 0.29) is 30.6 Å². The third-order valence-corrected chi connectivity index (χ3v) is 10.1. The number of aliphatic hydroxyl groups excluding tert-OH is 1. The summed E-state index contributed by atoms with van der Waals surface area (Å²) in [6.07, 6.45) is 4.57. The van der Waals surface area contributed by atoms with Crippen molar-refractivity contribution in [1.82, 2.24) is 14.9 Å². The second-order valence-corrected chi connectivity index (χ2v) is 14.0. The van der Waals surface area contributed by atoms with Gasteiger partial charge in [-0.3, -0.25) is 9.59 Å². The van der Waals surface area contributed by atoms with Gasteiger partial charge in [-0.05, 0) is 64.9 Å². The van der Waals surface area contributed by atoms with Gasteiger partial charge >= 0.3 is 0 Å². The highest BCUT2D eigenvalue weighted by Crippen LogP contribution is 2.39. The topological polar surface area (TPSA) is 141 Å². The van der Waals surface area contributed by atoms with Crippen LogP contribution < -0.4 is 16.4 Å². The molecule has 1 aromatic heterocycles. The SMILES string of the molecule is Nc1ccccc1NC(=O)CCCCCC(=O)NCc1ccccc1-c1ccc([C@H]2O[C@@H](Cn3cnc4ccccc43)C[C@@H](c3ccc(CO)cc3)O2)cc1. The van der Waals surface area contributed by atoms with Gasteiger partial charge in [0, 0.05) is 31.4 Å². The van der Waals surface area contributed by atoms with Crippen molar-refractivity contribution in [2.24, 2.45) is 0 Å². The fourth-order valence-electron chi connectivity index (χ4n) is 7.04. The van der Waals surface area contributed by atoms with Gasteiger partial charge in [0.2, 0.25) is 11.8 Å². The van der Waals surface area contributed by atoms with Crippen molar-refractivity contribution in [3.8, 4) is 11.1 Å². The Morgan fingerprint density at radius 3 is 2.29 bits per heavy atom. The second kappa shape index (κ2) is 18.0. The maximum atomic E-state index is 12.8. The number of carbonyl (C=O) groups is 2. The zero-order chi connectivity index (χ0) is 38.0. The first kappa shape index (κ1) is 37.5. The lowest BCUT2D eigenvalue weighted by atomic mass is 9.97. The van der Waals surface area contributed by atoms with E-state index in [0.717, 1.165) is 50.8 Å². The number of hydrogen-bond acceptors (Lipinski definition) is 7. The largest absolute Gasteiger partial charge is 0.397 e. The highest BCUT2D eigenvalue weighted by molar-refractivity contribution is 5.93. The third-order valence-electron chi connectivity index (χ3n) is 10.1. The van der Waals surface area contributed by atoms with Gasteiger partial charge in [0.25, 0.3) is 0 Å². The van der Waals surface area contributed by atoms with E-state index in [2.05, 4.69) is 44.5 Å². The van der Waals surface area contributed by atoms with E-state index in [1.807, 2.05) is 91.3 Å². The van der Waals surface area contributed by atoms with E-state index in [1.54, 1.807) is 12.1 Å². The summed E-state index contributed by atoms with van der Waals surface area (Å²) in [6.45, 7) is 1.03. The van der Waals surface area contributed by atoms with Gasteiger partial charge in [-0.15, -0.1) is 0 Å². The molecule has 0 bridgehead atoms. The van der Waals surface area contributed by atoms with Gasteiger partial charge in [0.05, 0.1) is 54.1 Å². The number of nitrogens with two attached hydrogens (primary N) is 1. The zero-order valence-corrected chi connectivity index (χ0v) is 30.8. The average molecular weight is 738 g/mol. The van der Waals surface area contributed by atoms with Crippen LogP contribution in [0.2, 0.25) is 0 Å². The maximum Gasteiger partial charge on any atom is 0.224 e. The van der Waals surface area contributed by atoms with Gasteiger partial charge in [-0.25, -0.2) is 4.98 Å². The molecule has 0 spiro atoms. The highest BCUT2D eigenvalue weighted by Gasteiger charge is 2.32. The Bertz CT molecular complexity index is 2200. The summed E-state index contributed by atoms with van der Waals surface area (Å²) >= 11 is 0. The molecule has 6 aromatic rings. The molecule has 55 heavy (non-hydrogen) atoms. The van der Waals surface area contributed by atoms with Crippen molar-refractivity contribution in [1.29, 1.82) is 0 Å². The predicted octanol–water partition coefficient (Wildman–Crippen LogP) is 8.23. The summed E-state index contributed by atoms with van der Waals surface area (Å²) in [5, 5.41) is 15.5. The molecule has 1 fully saturated rings. The molecule has 0 aliphatic carbocycles. The molecule has 2 heterocycles. The number of nitrogen functional groups attached to an aromatic ring is 1. The monoisotopic (exact) mass is 737 g/mol. The lowest BCUT2D eigenvalue weighted by Gasteiger charge is -2.36. The zero-order valence-electron chi connectivity index (χ0n) is 30.8. The van der Waals surface area contributed by atoms with Crippen molar-refractivity contribution in [3.63, 3.8) is 0 Å². The fraction of sp³-hybridized carbons (Fsp3) is 0.267. The first-order valence-corrected chi connectivity index (χ1v) is 18.9. The lowest BCUT2D eigenvalue weighted by Crippen LogP contribution is -2.32. The quantitative estimate of drug-likeness (QED) is 0.0615.